The van der Waals surface area contributed by atoms with Crippen molar-refractivity contribution in [2.75, 3.05) is 18.6 Å². The number of nitrogens with one attached hydrogen (secondary N) is 1. The Hall–Kier alpha value is -2.56. The molecule has 2 aromatic rings. The molecule has 1 amide bonds. The lowest BCUT2D eigenvalue weighted by Crippen LogP contribution is -2.24. The van der Waals surface area contributed by atoms with Crippen molar-refractivity contribution >= 4 is 11.7 Å². The fraction of sp³-hybridized carbons (Fsp3) is 0.250. The van der Waals surface area contributed by atoms with Gasteiger partial charge in [0.25, 0.3) is 0 Å². The summed E-state index contributed by atoms with van der Waals surface area (Å²) in [5.41, 5.74) is 1.88. The van der Waals surface area contributed by atoms with E-state index >= 15 is 0 Å². The van der Waals surface area contributed by atoms with E-state index in [4.69, 9.17) is 4.74 Å². The van der Waals surface area contributed by atoms with Gasteiger partial charge in [0.05, 0.1) is 12.8 Å². The monoisotopic (exact) mass is 283 g/mol. The lowest BCUT2D eigenvalue weighted by atomic mass is 10.1. The molecule has 1 atom stereocenters. The second kappa shape index (κ2) is 5.44. The molecule has 1 aromatic heterocycles. The van der Waals surface area contributed by atoms with E-state index in [0.717, 1.165) is 17.0 Å². The van der Waals surface area contributed by atoms with Crippen molar-refractivity contribution in [1.82, 2.24) is 10.2 Å². The predicted octanol–water partition coefficient (Wildman–Crippen LogP) is 2.62. The van der Waals surface area contributed by atoms with Crippen molar-refractivity contribution in [3.63, 3.8) is 0 Å². The summed E-state index contributed by atoms with van der Waals surface area (Å²) in [6.07, 6.45) is 2.34. The van der Waals surface area contributed by atoms with Crippen LogP contribution in [0.25, 0.3) is 11.3 Å². The Morgan fingerprint density at radius 1 is 1.43 bits per heavy atom. The van der Waals surface area contributed by atoms with Gasteiger partial charge in [0, 0.05) is 24.9 Å². The minimum absolute atomic E-state index is 0.0904. The first kappa shape index (κ1) is 13.4. The number of rotatable bonds is 4. The first-order valence-electron chi connectivity index (χ1n) is 6.84. The highest BCUT2D eigenvalue weighted by Crippen LogP contribution is 2.28. The van der Waals surface area contributed by atoms with E-state index in [1.165, 1.54) is 0 Å². The highest BCUT2D eigenvalue weighted by molar-refractivity contribution is 5.95. The number of anilines is 1. The molecular weight excluding hydrogens is 266 g/mol. The van der Waals surface area contributed by atoms with E-state index in [9.17, 15) is 4.79 Å². The maximum atomic E-state index is 12.0. The average Bonchev–Trinajstić information content (AvgIpc) is 3.13. The summed E-state index contributed by atoms with van der Waals surface area (Å²) in [5, 5.41) is 7.23. The Labute approximate surface area is 123 Å². The van der Waals surface area contributed by atoms with Gasteiger partial charge in [-0.15, -0.1) is 6.58 Å². The smallest absolute Gasteiger partial charge is 0.228 e. The number of carbonyl (C=O) groups is 1. The molecule has 3 rings (SSSR count). The SMILES string of the molecule is C=CC1CC(=O)N(c2cc(-c3ccc(OC)cc3)[nH]n2)C1. The third-order valence-corrected chi connectivity index (χ3v) is 3.73. The number of nitrogens with zero attached hydrogens (tertiary/aromatic N) is 2. The molecule has 0 radical (unpaired) electrons. The van der Waals surface area contributed by atoms with Gasteiger partial charge in [0.1, 0.15) is 5.75 Å². The third-order valence-electron chi connectivity index (χ3n) is 3.73. The van der Waals surface area contributed by atoms with Gasteiger partial charge >= 0.3 is 0 Å². The van der Waals surface area contributed by atoms with Crippen LogP contribution in [0.1, 0.15) is 6.42 Å². The van der Waals surface area contributed by atoms with Crippen molar-refractivity contribution in [3.05, 3.63) is 43.0 Å². The van der Waals surface area contributed by atoms with Gasteiger partial charge in [0.2, 0.25) is 5.91 Å². The van der Waals surface area contributed by atoms with Crippen molar-refractivity contribution < 1.29 is 9.53 Å². The molecule has 1 fully saturated rings. The second-order valence-electron chi connectivity index (χ2n) is 5.07. The molecule has 0 aliphatic carbocycles. The van der Waals surface area contributed by atoms with Crippen LogP contribution < -0.4 is 9.64 Å². The second-order valence-corrected chi connectivity index (χ2v) is 5.07. The fourth-order valence-corrected chi connectivity index (χ4v) is 2.48. The zero-order chi connectivity index (χ0) is 14.8. The van der Waals surface area contributed by atoms with Gasteiger partial charge in [-0.25, -0.2) is 0 Å². The largest absolute Gasteiger partial charge is 0.497 e. The predicted molar refractivity (Wildman–Crippen MR) is 81.2 cm³/mol. The molecule has 1 saturated heterocycles. The van der Waals surface area contributed by atoms with Crippen LogP contribution in [0.3, 0.4) is 0 Å². The molecule has 5 nitrogen and oxygen atoms in total. The number of aromatic nitrogens is 2. The number of carbonyl (C=O) groups excluding carboxylic acids is 1. The van der Waals surface area contributed by atoms with Gasteiger partial charge in [-0.1, -0.05) is 6.08 Å². The summed E-state index contributed by atoms with van der Waals surface area (Å²) in [7, 11) is 1.64. The average molecular weight is 283 g/mol. The number of aromatic amines is 1. The summed E-state index contributed by atoms with van der Waals surface area (Å²) in [6.45, 7) is 4.40. The summed E-state index contributed by atoms with van der Waals surface area (Å²) >= 11 is 0. The molecule has 108 valence electrons. The lowest BCUT2D eigenvalue weighted by molar-refractivity contribution is -0.117. The van der Waals surface area contributed by atoms with E-state index in [1.54, 1.807) is 12.0 Å². The topological polar surface area (TPSA) is 58.2 Å². The van der Waals surface area contributed by atoms with Crippen molar-refractivity contribution in [3.8, 4) is 17.0 Å². The number of hydrogen-bond acceptors (Lipinski definition) is 3. The molecule has 2 heterocycles. The summed E-state index contributed by atoms with van der Waals surface area (Å²) in [4.78, 5) is 13.7. The van der Waals surface area contributed by atoms with Gasteiger partial charge in [-0.2, -0.15) is 5.10 Å². The molecular formula is C16H17N3O2. The number of hydrogen-bond donors (Lipinski definition) is 1. The molecule has 0 saturated carbocycles. The summed E-state index contributed by atoms with van der Waals surface area (Å²) in [5.74, 6) is 1.77. The van der Waals surface area contributed by atoms with E-state index in [1.807, 2.05) is 36.4 Å². The normalized spacial score (nSPS) is 18.0. The van der Waals surface area contributed by atoms with Crippen LogP contribution in [0, 0.1) is 5.92 Å². The van der Waals surface area contributed by atoms with Gasteiger partial charge in [-0.3, -0.25) is 14.8 Å². The summed E-state index contributed by atoms with van der Waals surface area (Å²) in [6, 6.07) is 9.59. The Morgan fingerprint density at radius 3 is 2.81 bits per heavy atom. The molecule has 1 aromatic carbocycles. The van der Waals surface area contributed by atoms with E-state index in [2.05, 4.69) is 16.8 Å². The number of H-pyrrole nitrogens is 1. The molecule has 1 aliphatic heterocycles. The van der Waals surface area contributed by atoms with Crippen LogP contribution in [-0.4, -0.2) is 29.8 Å². The first-order chi connectivity index (χ1) is 10.2. The third kappa shape index (κ3) is 2.54. The maximum absolute atomic E-state index is 12.0. The van der Waals surface area contributed by atoms with Crippen LogP contribution in [0.2, 0.25) is 0 Å². The Balaban J connectivity index is 1.82. The molecule has 21 heavy (non-hydrogen) atoms. The molecule has 1 N–H and O–H groups in total. The zero-order valence-electron chi connectivity index (χ0n) is 11.9. The maximum Gasteiger partial charge on any atom is 0.228 e. The highest BCUT2D eigenvalue weighted by atomic mass is 16.5. The standard InChI is InChI=1S/C16H17N3O2/c1-3-11-8-16(20)19(10-11)15-9-14(17-18-15)12-4-6-13(21-2)7-5-12/h3-7,9,11H,1,8,10H2,2H3,(H,17,18). The Bertz CT molecular complexity index is 660. The van der Waals surface area contributed by atoms with Crippen molar-refractivity contribution in [2.24, 2.45) is 5.92 Å². The van der Waals surface area contributed by atoms with E-state index in [-0.39, 0.29) is 11.8 Å². The Morgan fingerprint density at radius 2 is 2.19 bits per heavy atom. The van der Waals surface area contributed by atoms with Crippen LogP contribution in [0.15, 0.2) is 43.0 Å². The highest BCUT2D eigenvalue weighted by Gasteiger charge is 2.30. The number of ether oxygens (including phenoxy) is 1. The molecule has 0 spiro atoms. The van der Waals surface area contributed by atoms with Crippen LogP contribution >= 0.6 is 0 Å². The quantitative estimate of drug-likeness (QED) is 0.877. The zero-order valence-corrected chi connectivity index (χ0v) is 11.9. The minimum atomic E-state index is 0.0904. The van der Waals surface area contributed by atoms with Gasteiger partial charge in [-0.05, 0) is 29.8 Å². The summed E-state index contributed by atoms with van der Waals surface area (Å²) < 4.78 is 5.14. The number of benzene rings is 1. The fourth-order valence-electron chi connectivity index (χ4n) is 2.48. The van der Waals surface area contributed by atoms with E-state index < -0.39 is 0 Å². The van der Waals surface area contributed by atoms with Crippen molar-refractivity contribution in [2.45, 2.75) is 6.42 Å². The molecule has 1 unspecified atom stereocenters. The molecule has 0 bridgehead atoms. The minimum Gasteiger partial charge on any atom is -0.497 e. The van der Waals surface area contributed by atoms with Crippen LogP contribution in [0.5, 0.6) is 5.75 Å². The van der Waals surface area contributed by atoms with Crippen molar-refractivity contribution in [1.29, 1.82) is 0 Å². The number of amides is 1. The van der Waals surface area contributed by atoms with Crippen LogP contribution in [0.4, 0.5) is 5.82 Å². The van der Waals surface area contributed by atoms with E-state index in [0.29, 0.717) is 18.8 Å². The molecule has 1 aliphatic rings. The van der Waals surface area contributed by atoms with Crippen LogP contribution in [-0.2, 0) is 4.79 Å². The molecule has 5 heteroatoms. The van der Waals surface area contributed by atoms with Gasteiger partial charge in [0.15, 0.2) is 5.82 Å². The Kier molecular flexibility index (Phi) is 3.48. The first-order valence-corrected chi connectivity index (χ1v) is 6.84. The van der Waals surface area contributed by atoms with Gasteiger partial charge < -0.3 is 4.74 Å². The number of methoxy groups -OCH3 is 1. The lowest BCUT2D eigenvalue weighted by Gasteiger charge is -2.11.